The lowest BCUT2D eigenvalue weighted by Crippen LogP contribution is -2.34. The van der Waals surface area contributed by atoms with Crippen LogP contribution in [0.25, 0.3) is 5.57 Å². The van der Waals surface area contributed by atoms with Crippen LogP contribution >= 0.6 is 0 Å². The normalized spacial score (nSPS) is 13.8. The Morgan fingerprint density at radius 2 is 1.56 bits per heavy atom. The minimum absolute atomic E-state index is 0.0855. The molecule has 0 fully saturated rings. The van der Waals surface area contributed by atoms with E-state index in [-0.39, 0.29) is 24.2 Å². The standard InChI is InChI=1S/C27H25FN2O2/c1-4-29(22-8-6-5-7-9-22)25-24(23-15-10-18(2)16-19(23)3)26(31)30(27(25)32)17-20-11-13-21(28)14-12-20/h5-16H,4,17H2,1-3H3. The molecule has 0 saturated heterocycles. The third-order valence-electron chi connectivity index (χ3n) is 5.70. The first-order chi connectivity index (χ1) is 15.4. The zero-order valence-electron chi connectivity index (χ0n) is 18.4. The lowest BCUT2D eigenvalue weighted by atomic mass is 9.97. The molecule has 0 bridgehead atoms. The van der Waals surface area contributed by atoms with Gasteiger partial charge in [0.05, 0.1) is 12.1 Å². The van der Waals surface area contributed by atoms with Gasteiger partial charge in [0.1, 0.15) is 11.5 Å². The molecule has 4 nitrogen and oxygen atoms in total. The SMILES string of the molecule is CCN(C1=C(c2ccc(C)cc2C)C(=O)N(Cc2ccc(F)cc2)C1=O)c1ccccc1. The number of hydrogen-bond donors (Lipinski definition) is 0. The van der Waals surface area contributed by atoms with Crippen molar-refractivity contribution in [1.82, 2.24) is 4.90 Å². The van der Waals surface area contributed by atoms with Gasteiger partial charge < -0.3 is 4.90 Å². The highest BCUT2D eigenvalue weighted by Gasteiger charge is 2.42. The average Bonchev–Trinajstić information content (AvgIpc) is 3.01. The van der Waals surface area contributed by atoms with Crippen molar-refractivity contribution in [2.24, 2.45) is 0 Å². The fourth-order valence-electron chi connectivity index (χ4n) is 4.14. The van der Waals surface area contributed by atoms with Crippen LogP contribution in [0.1, 0.15) is 29.2 Å². The minimum atomic E-state index is -0.358. The molecule has 0 unspecified atom stereocenters. The van der Waals surface area contributed by atoms with Crippen LogP contribution in [0.2, 0.25) is 0 Å². The Hall–Kier alpha value is -3.73. The summed E-state index contributed by atoms with van der Waals surface area (Å²) in [7, 11) is 0. The van der Waals surface area contributed by atoms with E-state index in [1.807, 2.05) is 74.2 Å². The van der Waals surface area contributed by atoms with Crippen molar-refractivity contribution < 1.29 is 14.0 Å². The molecule has 0 aromatic heterocycles. The van der Waals surface area contributed by atoms with Crippen molar-refractivity contribution in [2.45, 2.75) is 27.3 Å². The highest BCUT2D eigenvalue weighted by atomic mass is 19.1. The fourth-order valence-corrected chi connectivity index (χ4v) is 4.14. The molecular formula is C27H25FN2O2. The summed E-state index contributed by atoms with van der Waals surface area (Å²) >= 11 is 0. The first-order valence-electron chi connectivity index (χ1n) is 10.7. The summed E-state index contributed by atoms with van der Waals surface area (Å²) in [6.45, 7) is 6.52. The largest absolute Gasteiger partial charge is 0.337 e. The number of nitrogens with zero attached hydrogens (tertiary/aromatic N) is 2. The molecule has 0 atom stereocenters. The van der Waals surface area contributed by atoms with Gasteiger partial charge in [-0.15, -0.1) is 0 Å². The van der Waals surface area contributed by atoms with Gasteiger partial charge in [-0.25, -0.2) is 4.39 Å². The maximum absolute atomic E-state index is 13.7. The lowest BCUT2D eigenvalue weighted by Gasteiger charge is -2.25. The number of carbonyl (C=O) groups excluding carboxylic acids is 2. The predicted octanol–water partition coefficient (Wildman–Crippen LogP) is 5.25. The highest BCUT2D eigenvalue weighted by molar-refractivity contribution is 6.36. The number of imide groups is 1. The molecule has 32 heavy (non-hydrogen) atoms. The third kappa shape index (κ3) is 3.94. The molecule has 0 N–H and O–H groups in total. The Morgan fingerprint density at radius 3 is 2.19 bits per heavy atom. The fraction of sp³-hybridized carbons (Fsp3) is 0.185. The molecule has 0 aliphatic carbocycles. The van der Waals surface area contributed by atoms with Crippen LogP contribution in [-0.4, -0.2) is 23.3 Å². The van der Waals surface area contributed by atoms with Crippen LogP contribution in [0.4, 0.5) is 10.1 Å². The van der Waals surface area contributed by atoms with Gasteiger partial charge in [-0.1, -0.05) is 54.1 Å². The van der Waals surface area contributed by atoms with Crippen LogP contribution in [0, 0.1) is 19.7 Å². The van der Waals surface area contributed by atoms with Crippen LogP contribution in [-0.2, 0) is 16.1 Å². The zero-order valence-corrected chi connectivity index (χ0v) is 18.4. The summed E-state index contributed by atoms with van der Waals surface area (Å²) < 4.78 is 13.4. The number of anilines is 1. The summed E-state index contributed by atoms with van der Waals surface area (Å²) in [4.78, 5) is 30.4. The quantitative estimate of drug-likeness (QED) is 0.504. The van der Waals surface area contributed by atoms with Crippen molar-refractivity contribution in [3.05, 3.63) is 107 Å². The van der Waals surface area contributed by atoms with Crippen LogP contribution < -0.4 is 4.90 Å². The summed E-state index contributed by atoms with van der Waals surface area (Å²) in [6.07, 6.45) is 0. The second-order valence-corrected chi connectivity index (χ2v) is 7.94. The Kier molecular flexibility index (Phi) is 5.91. The molecule has 1 aliphatic rings. The molecule has 4 rings (SSSR count). The molecule has 162 valence electrons. The van der Waals surface area contributed by atoms with Crippen molar-refractivity contribution in [2.75, 3.05) is 11.4 Å². The second-order valence-electron chi connectivity index (χ2n) is 7.94. The smallest absolute Gasteiger partial charge is 0.278 e. The van der Waals surface area contributed by atoms with Gasteiger partial charge in [-0.3, -0.25) is 14.5 Å². The maximum Gasteiger partial charge on any atom is 0.278 e. The Balaban J connectivity index is 1.84. The Bertz CT molecular complexity index is 1200. The molecule has 1 aliphatic heterocycles. The highest BCUT2D eigenvalue weighted by Crippen LogP contribution is 2.36. The number of benzene rings is 3. The van der Waals surface area contributed by atoms with Crippen LogP contribution in [0.3, 0.4) is 0 Å². The maximum atomic E-state index is 13.7. The van der Waals surface area contributed by atoms with E-state index in [2.05, 4.69) is 0 Å². The first kappa shape index (κ1) is 21.5. The van der Waals surface area contributed by atoms with Gasteiger partial charge in [0.15, 0.2) is 0 Å². The minimum Gasteiger partial charge on any atom is -0.337 e. The van der Waals surface area contributed by atoms with E-state index in [1.54, 1.807) is 12.1 Å². The molecule has 2 amide bonds. The third-order valence-corrected chi connectivity index (χ3v) is 5.70. The van der Waals surface area contributed by atoms with Crippen LogP contribution in [0.15, 0.2) is 78.5 Å². The van der Waals surface area contributed by atoms with Gasteiger partial charge in [0, 0.05) is 12.2 Å². The van der Waals surface area contributed by atoms with Crippen molar-refractivity contribution in [1.29, 1.82) is 0 Å². The van der Waals surface area contributed by atoms with Crippen LogP contribution in [0.5, 0.6) is 0 Å². The Morgan fingerprint density at radius 1 is 0.875 bits per heavy atom. The zero-order chi connectivity index (χ0) is 22.8. The van der Waals surface area contributed by atoms with Crippen molar-refractivity contribution in [3.8, 4) is 0 Å². The van der Waals surface area contributed by atoms with Gasteiger partial charge >= 0.3 is 0 Å². The van der Waals surface area contributed by atoms with E-state index in [0.717, 1.165) is 22.4 Å². The lowest BCUT2D eigenvalue weighted by molar-refractivity contribution is -0.137. The number of likely N-dealkylation sites (N-methyl/N-ethyl adjacent to an activating group) is 1. The summed E-state index contributed by atoms with van der Waals surface area (Å²) in [5.74, 6) is -1.04. The van der Waals surface area contributed by atoms with Gasteiger partial charge in [0.25, 0.3) is 11.8 Å². The number of carbonyl (C=O) groups is 2. The van der Waals surface area contributed by atoms with Crippen molar-refractivity contribution in [3.63, 3.8) is 0 Å². The van der Waals surface area contributed by atoms with Gasteiger partial charge in [0.2, 0.25) is 0 Å². The van der Waals surface area contributed by atoms with E-state index in [1.165, 1.54) is 17.0 Å². The topological polar surface area (TPSA) is 40.6 Å². The molecule has 5 heteroatoms. The molecular weight excluding hydrogens is 403 g/mol. The predicted molar refractivity (Wildman–Crippen MR) is 124 cm³/mol. The molecule has 3 aromatic rings. The van der Waals surface area contributed by atoms with E-state index in [9.17, 15) is 14.0 Å². The molecule has 0 saturated carbocycles. The number of aryl methyl sites for hydroxylation is 2. The average molecular weight is 429 g/mol. The monoisotopic (exact) mass is 428 g/mol. The molecule has 1 heterocycles. The molecule has 0 radical (unpaired) electrons. The second kappa shape index (κ2) is 8.79. The van der Waals surface area contributed by atoms with E-state index < -0.39 is 0 Å². The van der Waals surface area contributed by atoms with E-state index in [4.69, 9.17) is 0 Å². The van der Waals surface area contributed by atoms with Crippen molar-refractivity contribution >= 4 is 23.1 Å². The van der Waals surface area contributed by atoms with Gasteiger partial charge in [-0.05, 0) is 61.7 Å². The number of halogens is 1. The number of para-hydroxylation sites is 1. The summed E-state index contributed by atoms with van der Waals surface area (Å²) in [5.41, 5.74) is 5.09. The van der Waals surface area contributed by atoms with Gasteiger partial charge in [-0.2, -0.15) is 0 Å². The summed E-state index contributed by atoms with van der Waals surface area (Å²) in [5, 5.41) is 0. The first-order valence-corrected chi connectivity index (χ1v) is 10.7. The summed E-state index contributed by atoms with van der Waals surface area (Å²) in [6, 6.07) is 21.3. The van der Waals surface area contributed by atoms with E-state index in [0.29, 0.717) is 23.4 Å². The number of hydrogen-bond acceptors (Lipinski definition) is 3. The molecule has 0 spiro atoms. The van der Waals surface area contributed by atoms with E-state index >= 15 is 0 Å². The Labute approximate surface area is 187 Å². The molecule has 3 aromatic carbocycles. The number of rotatable bonds is 6. The number of amides is 2.